The molecule has 14 heavy (non-hydrogen) atoms. The molecule has 1 aromatic rings. The van der Waals surface area contributed by atoms with Crippen LogP contribution in [0, 0.1) is 0 Å². The van der Waals surface area contributed by atoms with Crippen LogP contribution in [0.3, 0.4) is 0 Å². The molecule has 0 aliphatic carbocycles. The van der Waals surface area contributed by atoms with Gasteiger partial charge in [0.25, 0.3) is 0 Å². The van der Waals surface area contributed by atoms with Crippen molar-refractivity contribution in [2.75, 3.05) is 0 Å². The van der Waals surface area contributed by atoms with Crippen molar-refractivity contribution < 1.29 is 21.6 Å². The minimum atomic E-state index is -5.15. The summed E-state index contributed by atoms with van der Waals surface area (Å²) in [4.78, 5) is 0. The van der Waals surface area contributed by atoms with Crippen LogP contribution in [0.4, 0.5) is 13.2 Å². The van der Waals surface area contributed by atoms with E-state index in [0.29, 0.717) is 0 Å². The van der Waals surface area contributed by atoms with Gasteiger partial charge in [-0.25, -0.2) is 0 Å². The molecular weight excluding hydrogens is 284 g/mol. The van der Waals surface area contributed by atoms with Gasteiger partial charge in [0.2, 0.25) is 0 Å². The van der Waals surface area contributed by atoms with E-state index in [1.165, 1.54) is 24.3 Å². The van der Waals surface area contributed by atoms with Gasteiger partial charge in [0.1, 0.15) is 0 Å². The van der Waals surface area contributed by atoms with Gasteiger partial charge in [-0.1, -0.05) is 0 Å². The van der Waals surface area contributed by atoms with E-state index < -0.39 is 27.6 Å². The fraction of sp³-hybridized carbons (Fsp3) is 0.143. The first kappa shape index (κ1) is 11.6. The van der Waals surface area contributed by atoms with Crippen LogP contribution >= 0.6 is 0 Å². The van der Waals surface area contributed by atoms with Crippen LogP contribution in [0.15, 0.2) is 30.3 Å². The topological polar surface area (TPSA) is 34.1 Å². The van der Waals surface area contributed by atoms with Crippen LogP contribution in [0.5, 0.6) is 0 Å². The van der Waals surface area contributed by atoms with Crippen molar-refractivity contribution in [2.45, 2.75) is 5.51 Å². The van der Waals surface area contributed by atoms with E-state index in [0.717, 1.165) is 0 Å². The summed E-state index contributed by atoms with van der Waals surface area (Å²) in [7, 11) is -4.99. The van der Waals surface area contributed by atoms with Gasteiger partial charge in [-0.05, 0) is 0 Å². The number of halogens is 3. The average Bonchev–Trinajstić information content (AvgIpc) is 2.03. The molecule has 0 aliphatic rings. The van der Waals surface area contributed by atoms with Gasteiger partial charge < -0.3 is 0 Å². The van der Waals surface area contributed by atoms with E-state index in [2.05, 4.69) is 0 Å². The average molecular weight is 289 g/mol. The summed E-state index contributed by atoms with van der Waals surface area (Å²) in [6.07, 6.45) is 0. The number of rotatable bonds is 2. The fourth-order valence-electron chi connectivity index (χ4n) is 0.650. The third-order valence-electron chi connectivity index (χ3n) is 1.23. The van der Waals surface area contributed by atoms with Gasteiger partial charge in [0.15, 0.2) is 0 Å². The summed E-state index contributed by atoms with van der Waals surface area (Å²) < 4.78 is 57.5. The molecule has 0 atom stereocenters. The van der Waals surface area contributed by atoms with E-state index in [-0.39, 0.29) is 4.46 Å². The van der Waals surface area contributed by atoms with Gasteiger partial charge in [-0.15, -0.1) is 0 Å². The first-order chi connectivity index (χ1) is 6.33. The number of alkyl halides is 3. The maximum absolute atomic E-state index is 11.9. The first-order valence-corrected chi connectivity index (χ1v) is 7.75. The van der Waals surface area contributed by atoms with Gasteiger partial charge in [-0.2, -0.15) is 0 Å². The van der Waals surface area contributed by atoms with Gasteiger partial charge in [-0.3, -0.25) is 0 Å². The van der Waals surface area contributed by atoms with Crippen molar-refractivity contribution in [3.63, 3.8) is 0 Å². The molecule has 78 valence electrons. The molecule has 0 saturated carbocycles. The van der Waals surface area contributed by atoms with Crippen LogP contribution < -0.4 is 4.46 Å². The molecule has 0 spiro atoms. The third-order valence-corrected chi connectivity index (χ3v) is 6.56. The van der Waals surface area contributed by atoms with E-state index in [9.17, 15) is 21.6 Å². The monoisotopic (exact) mass is 290 g/mol. The summed E-state index contributed by atoms with van der Waals surface area (Å²) in [6, 6.07) is 7.35. The van der Waals surface area contributed by atoms with E-state index in [1.54, 1.807) is 6.07 Å². The predicted octanol–water partition coefficient (Wildman–Crippen LogP) is 0.866. The van der Waals surface area contributed by atoms with E-state index in [1.807, 2.05) is 0 Å². The second-order valence-electron chi connectivity index (χ2n) is 2.30. The van der Waals surface area contributed by atoms with Crippen molar-refractivity contribution in [3.05, 3.63) is 30.3 Å². The van der Waals surface area contributed by atoms with Gasteiger partial charge >= 0.3 is 84.0 Å². The van der Waals surface area contributed by atoms with Crippen molar-refractivity contribution in [2.24, 2.45) is 0 Å². The summed E-state index contributed by atoms with van der Waals surface area (Å²) in [6.45, 7) is 0. The first-order valence-electron chi connectivity index (χ1n) is 3.39. The van der Waals surface area contributed by atoms with Crippen molar-refractivity contribution in [1.29, 1.82) is 0 Å². The molecule has 0 unspecified atom stereocenters. The zero-order valence-corrected chi connectivity index (χ0v) is 9.18. The molecule has 0 heterocycles. The Labute approximate surface area is 84.3 Å². The summed E-state index contributed by atoms with van der Waals surface area (Å²) in [5.41, 5.74) is -5.15. The van der Waals surface area contributed by atoms with Crippen molar-refractivity contribution in [1.82, 2.24) is 0 Å². The molecule has 0 amide bonds. The van der Waals surface area contributed by atoms with Gasteiger partial charge in [0.05, 0.1) is 0 Å². The second-order valence-corrected chi connectivity index (χ2v) is 8.63. The Balaban J connectivity index is 2.91. The van der Waals surface area contributed by atoms with E-state index >= 15 is 0 Å². The number of hydrogen-bond acceptors (Lipinski definition) is 2. The quantitative estimate of drug-likeness (QED) is 0.757. The molecule has 0 bridgehead atoms. The zero-order valence-electron chi connectivity index (χ0n) is 6.65. The Morgan fingerprint density at radius 2 is 1.57 bits per heavy atom. The molecule has 0 saturated heterocycles. The Kier molecular flexibility index (Phi) is 3.24. The van der Waals surface area contributed by atoms with E-state index in [4.69, 9.17) is 0 Å². The molecular formula is C7H5F3O2SSe. The second kappa shape index (κ2) is 3.92. The standard InChI is InChI=1S/C7H5F3O2SSe/c8-7(9,10)13(11,12)14-6-4-2-1-3-5-6/h1-5H. The molecule has 0 fully saturated rings. The van der Waals surface area contributed by atoms with Crippen LogP contribution in [0.2, 0.25) is 0 Å². The minimum absolute atomic E-state index is 0.192. The van der Waals surface area contributed by atoms with Crippen LogP contribution in [0.1, 0.15) is 0 Å². The fourth-order valence-corrected chi connectivity index (χ4v) is 4.33. The summed E-state index contributed by atoms with van der Waals surface area (Å²) >= 11 is -1.60. The molecule has 0 aliphatic heterocycles. The van der Waals surface area contributed by atoms with Gasteiger partial charge in [0, 0.05) is 0 Å². The van der Waals surface area contributed by atoms with Crippen molar-refractivity contribution in [3.8, 4) is 0 Å². The molecule has 0 N–H and O–H groups in total. The van der Waals surface area contributed by atoms with Crippen molar-refractivity contribution >= 4 is 26.6 Å². The third kappa shape index (κ3) is 2.73. The summed E-state index contributed by atoms with van der Waals surface area (Å²) in [5.74, 6) is 0. The van der Waals surface area contributed by atoms with Crippen LogP contribution in [-0.2, 0) is 8.26 Å². The Morgan fingerprint density at radius 1 is 1.07 bits per heavy atom. The molecule has 2 nitrogen and oxygen atoms in total. The van der Waals surface area contributed by atoms with Crippen LogP contribution in [0.25, 0.3) is 0 Å². The molecule has 1 rings (SSSR count). The van der Waals surface area contributed by atoms with Crippen LogP contribution in [-0.4, -0.2) is 27.8 Å². The zero-order chi connectivity index (χ0) is 10.8. The predicted molar refractivity (Wildman–Crippen MR) is 46.8 cm³/mol. The number of benzene rings is 1. The number of hydrogen-bond donors (Lipinski definition) is 0. The maximum atomic E-state index is 11.9. The molecule has 7 heteroatoms. The Morgan fingerprint density at radius 3 is 2.00 bits per heavy atom. The summed E-state index contributed by atoms with van der Waals surface area (Å²) in [5, 5.41) is 0. The molecule has 1 aromatic carbocycles. The SMILES string of the molecule is O=S(=O)([Se]c1ccccc1)C(F)(F)F. The Bertz CT molecular complexity index is 399. The normalized spacial score (nSPS) is 12.8. The molecule has 0 radical (unpaired) electrons. The Hall–Kier alpha value is -0.521. The molecule has 0 aromatic heterocycles.